The summed E-state index contributed by atoms with van der Waals surface area (Å²) in [4.78, 5) is 31.0. The summed E-state index contributed by atoms with van der Waals surface area (Å²) in [6.45, 7) is 32.0. The van der Waals surface area contributed by atoms with Crippen molar-refractivity contribution >= 4 is 199 Å². The van der Waals surface area contributed by atoms with Crippen LogP contribution in [0, 0.1) is 11.3 Å². The van der Waals surface area contributed by atoms with E-state index in [9.17, 15) is 4.79 Å². The Morgan fingerprint density at radius 3 is 1.36 bits per heavy atom. The summed E-state index contributed by atoms with van der Waals surface area (Å²) >= 11 is 37.6. The Labute approximate surface area is 748 Å². The fourth-order valence-corrected chi connectivity index (χ4v) is 20.8. The molecule has 626 valence electrons. The Kier molecular flexibility index (Phi) is 55.7. The molecular weight excluding hydrogens is 1830 g/mol. The highest BCUT2D eigenvalue weighted by Crippen LogP contribution is 2.53. The number of rotatable bonds is 39. The predicted octanol–water partition coefficient (Wildman–Crippen LogP) is 31.4. The van der Waals surface area contributed by atoms with Crippen LogP contribution in [0.5, 0.6) is 0 Å². The average molecular weight is 1960 g/mol. The van der Waals surface area contributed by atoms with Gasteiger partial charge in [-0.25, -0.2) is 9.97 Å². The Hall–Kier alpha value is -1.27. The molecule has 0 radical (unpaired) electrons. The van der Waals surface area contributed by atoms with E-state index in [0.717, 1.165) is 38.8 Å². The molecule has 8 aromatic heterocycles. The van der Waals surface area contributed by atoms with Crippen LogP contribution in [-0.2, 0) is 61.9 Å². The molecule has 10 heterocycles. The molecular formula is C84H127BBr3N4O8PS11. The lowest BCUT2D eigenvalue weighted by Crippen LogP contribution is -2.41. The molecule has 2 N–H and O–H groups in total. The van der Waals surface area contributed by atoms with Gasteiger partial charge in [-0.05, 0) is 230 Å². The van der Waals surface area contributed by atoms with Gasteiger partial charge in [-0.1, -0.05) is 221 Å². The van der Waals surface area contributed by atoms with Crippen LogP contribution in [-0.4, -0.2) is 75.1 Å². The maximum Gasteiger partial charge on any atom is 0.640 e. The quantitative estimate of drug-likeness (QED) is 0.00713. The second-order valence-electron chi connectivity index (χ2n) is 29.1. The van der Waals surface area contributed by atoms with E-state index in [0.29, 0.717) is 18.2 Å². The van der Waals surface area contributed by atoms with Crippen LogP contribution in [0.2, 0.25) is 0 Å². The molecule has 0 amide bonds. The van der Waals surface area contributed by atoms with Crippen molar-refractivity contribution in [3.63, 3.8) is 0 Å². The first-order valence-electron chi connectivity index (χ1n) is 39.8. The lowest BCUT2D eigenvalue weighted by molar-refractivity contribution is -0.107. The third kappa shape index (κ3) is 44.3. The molecule has 2 fully saturated rings. The first kappa shape index (κ1) is 105. The first-order valence-corrected chi connectivity index (χ1v) is 53.2. The molecule has 28 heteroatoms. The van der Waals surface area contributed by atoms with Crippen LogP contribution in [0.15, 0.2) is 109 Å². The number of thiocarbonyl (C=S) groups is 1. The molecule has 2 saturated heterocycles. The third-order valence-corrected chi connectivity index (χ3v) is 31.2. The smallest absolute Gasteiger partial charge is 0.389 e. The molecule has 0 saturated carbocycles. The molecule has 1 unspecified atom stereocenters. The fraction of sp³-hybridized carbons (Fsp3) is 0.607. The van der Waals surface area contributed by atoms with Gasteiger partial charge in [-0.15, -0.1) is 90.7 Å². The van der Waals surface area contributed by atoms with Crippen LogP contribution in [0.3, 0.4) is 0 Å². The number of carbonyl (C=O) groups is 1. The van der Waals surface area contributed by atoms with Crippen molar-refractivity contribution in [1.82, 2.24) is 9.97 Å². The Balaban J connectivity index is 0.000000347. The van der Waals surface area contributed by atoms with Crippen molar-refractivity contribution in [3.05, 3.63) is 133 Å². The maximum atomic E-state index is 10.3. The van der Waals surface area contributed by atoms with Gasteiger partial charge in [0.2, 0.25) is 5.69 Å². The number of thiophene rings is 6. The van der Waals surface area contributed by atoms with Gasteiger partial charge in [0.25, 0.3) is 0 Å². The largest absolute Gasteiger partial charge is 0.640 e. The lowest BCUT2D eigenvalue weighted by atomic mass is 9.90. The van der Waals surface area contributed by atoms with E-state index in [4.69, 9.17) is 67.5 Å². The number of alkyl halides is 1. The van der Waals surface area contributed by atoms with Gasteiger partial charge in [-0.2, -0.15) is 5.26 Å². The van der Waals surface area contributed by atoms with Crippen molar-refractivity contribution in [2.75, 3.05) is 13.2 Å². The van der Waals surface area contributed by atoms with E-state index in [1.54, 1.807) is 62.8 Å². The summed E-state index contributed by atoms with van der Waals surface area (Å²) < 4.78 is 41.5. The number of halogens is 3. The van der Waals surface area contributed by atoms with Gasteiger partial charge in [0, 0.05) is 38.0 Å². The summed E-state index contributed by atoms with van der Waals surface area (Å²) in [5.41, 5.74) is 1.94. The number of aromatic nitrogens is 2. The fourth-order valence-electron chi connectivity index (χ4n) is 10.5. The zero-order chi connectivity index (χ0) is 82.9. The molecule has 0 bridgehead atoms. The van der Waals surface area contributed by atoms with E-state index in [1.165, 1.54) is 214 Å². The van der Waals surface area contributed by atoms with Crippen molar-refractivity contribution in [2.45, 2.75) is 317 Å². The standard InChI is InChI=1S/C24H37NO2S2.C17H25NS2.C12H23BrO.C9H19BO3.C8H4Br2S2.C5H5NS2.C5H3NS.C4H11O2PS2/c1-6-7-8-9-10-11-12-13-14-18-17-25-21(28-18)19-15-16-20(29-19)22-26-23(2,3)24(4,5)27-22;1-2-3-4-5-6-7-8-9-11-15-14-18-17(20-15)16-12-10-13-19-16;1-2-3-4-5-6-7-8-9-10-12(13)11-14;1-7(2)11-10-12-8(3,4)9(5,6)13-10;9-7-3-1-5(11-7)6-2-4-8(10)12-6;6-5(7)4-2-1-3-8-4;6-4-5-2-1-3-7-5;1-3-5-7(8,9)6-4-2/h15-17,22H,6-14H2,1-5H3;10,12-14H,2-9,11H2,1H3;11-12H,2-10H2,1H3;7H,1-6H3;1-4H;1-3H,(H2,6,7);1-3H;3-4H2,1-2H3,(H,8,9). The van der Waals surface area contributed by atoms with Crippen LogP contribution >= 0.6 is 169 Å². The van der Waals surface area contributed by atoms with Crippen LogP contribution in [0.25, 0.3) is 29.5 Å². The molecule has 1 atom stereocenters. The normalized spacial score (nSPS) is 14.5. The number of nitriles is 1. The van der Waals surface area contributed by atoms with Gasteiger partial charge >= 0.3 is 7.32 Å². The predicted molar refractivity (Wildman–Crippen MR) is 514 cm³/mol. The Bertz CT molecular complexity index is 3700. The number of nitrogens with zero attached hydrogens (tertiary/aromatic N) is 3. The lowest BCUT2D eigenvalue weighted by Gasteiger charge is -2.31. The topological polar surface area (TPSA) is 157 Å². The number of unbranched alkanes of at least 4 members (excludes halogenated alkanes) is 21. The number of hydrogen-bond acceptors (Lipinski definition) is 21. The Morgan fingerprint density at radius 2 is 1.00 bits per heavy atom. The number of ether oxygens (including phenoxy) is 2. The van der Waals surface area contributed by atoms with E-state index in [2.05, 4.69) is 185 Å². The van der Waals surface area contributed by atoms with E-state index in [1.807, 2.05) is 113 Å². The molecule has 0 aromatic carbocycles. The summed E-state index contributed by atoms with van der Waals surface area (Å²) in [5, 5.41) is 16.5. The highest BCUT2D eigenvalue weighted by Gasteiger charge is 2.53. The number of aryl methyl sites for hydroxylation is 2. The van der Waals surface area contributed by atoms with Crippen molar-refractivity contribution in [3.8, 4) is 35.6 Å². The number of thiol groups is 1. The highest BCUT2D eigenvalue weighted by atomic mass is 79.9. The van der Waals surface area contributed by atoms with Crippen LogP contribution in [0.4, 0.5) is 0 Å². The summed E-state index contributed by atoms with van der Waals surface area (Å²) in [7, 11) is -0.523. The summed E-state index contributed by atoms with van der Waals surface area (Å²) in [5.74, 6) is 0. The van der Waals surface area contributed by atoms with Crippen molar-refractivity contribution < 1.29 is 37.3 Å². The minimum Gasteiger partial charge on any atom is -0.389 e. The molecule has 2 aliphatic rings. The number of hydrogen-bond donors (Lipinski definition) is 2. The second kappa shape index (κ2) is 59.4. The van der Waals surface area contributed by atoms with Gasteiger partial charge < -0.3 is 43.0 Å². The molecule has 2 aliphatic heterocycles. The van der Waals surface area contributed by atoms with E-state index >= 15 is 0 Å². The van der Waals surface area contributed by atoms with Crippen LogP contribution in [0.1, 0.15) is 295 Å². The van der Waals surface area contributed by atoms with Crippen LogP contribution < -0.4 is 5.73 Å². The number of thiazole rings is 2. The minimum atomic E-state index is -2.16. The number of carbonyl (C=O) groups excluding carboxylic acids is 1. The van der Waals surface area contributed by atoms with Crippen molar-refractivity contribution in [1.29, 1.82) is 5.26 Å². The molecule has 0 aliphatic carbocycles. The van der Waals surface area contributed by atoms with Gasteiger partial charge in [0.1, 0.15) is 32.2 Å². The van der Waals surface area contributed by atoms with Gasteiger partial charge in [-0.3, -0.25) is 0 Å². The summed E-state index contributed by atoms with van der Waals surface area (Å²) in [6.07, 6.45) is 41.0. The monoisotopic (exact) mass is 1950 g/mol. The Morgan fingerprint density at radius 1 is 0.580 bits per heavy atom. The molecule has 12 nitrogen and oxygen atoms in total. The zero-order valence-corrected chi connectivity index (χ0v) is 83.7. The number of aldehydes is 1. The second-order valence-corrected chi connectivity index (χ2v) is 47.1. The SMILES string of the molecule is Brc1ccc(-c2ccc(Br)s2)s1.CC(C)OB1OC(C)(C)C(C)(C)O1.CCCCCCCCCCC(Br)C=O.CCCCCCCCCCc1cnc(-c2ccc(C3OC(C)(C)C(C)(C)O3)s2)s1.CCCCCCCCCCc1cnc(-c2cccs2)s1.CCOP(=S)(S)OCC.N#Cc1cccs1.NC(=S)c1cccs1. The van der Waals surface area contributed by atoms with E-state index < -0.39 is 13.0 Å². The maximum absolute atomic E-state index is 10.3. The van der Waals surface area contributed by atoms with Gasteiger partial charge in [0.15, 0.2) is 6.29 Å². The van der Waals surface area contributed by atoms with E-state index in [-0.39, 0.29) is 39.6 Å². The number of nitrogens with two attached hydrogens (primary N) is 1. The van der Waals surface area contributed by atoms with Gasteiger partial charge in [0.05, 0.1) is 67.5 Å². The minimum absolute atomic E-state index is 0.0857. The summed E-state index contributed by atoms with van der Waals surface area (Å²) in [6, 6.07) is 26.5. The zero-order valence-electron chi connectivity index (χ0n) is 69.0. The molecule has 8 aromatic rings. The average Bonchev–Trinajstić information content (AvgIpc) is 1.62. The molecule has 0 spiro atoms. The highest BCUT2D eigenvalue weighted by molar-refractivity contribution is 9.11. The first-order chi connectivity index (χ1) is 53.4. The van der Waals surface area contributed by atoms with Crippen molar-refractivity contribution in [2.24, 2.45) is 5.73 Å². The third-order valence-electron chi connectivity index (χ3n) is 18.2. The molecule has 112 heavy (non-hydrogen) atoms. The molecule has 10 rings (SSSR count).